The zero-order chi connectivity index (χ0) is 13.3. The Balaban J connectivity index is 2.15. The first kappa shape index (κ1) is 14.0. The molecule has 2 aliphatic rings. The van der Waals surface area contributed by atoms with Crippen LogP contribution in [0.1, 0.15) is 47.0 Å². The highest BCUT2D eigenvalue weighted by molar-refractivity contribution is 5.89. The standard InChI is InChI=1S/C15H27NO2/c1-5-15(3,4)14(17)13-9-11-10-18-8-7-12(11)16(13)6-2/h11-13H,5-10H2,1-4H3. The van der Waals surface area contributed by atoms with Crippen LogP contribution < -0.4 is 0 Å². The molecule has 0 aromatic heterocycles. The Hall–Kier alpha value is -0.410. The van der Waals surface area contributed by atoms with Gasteiger partial charge in [0.1, 0.15) is 0 Å². The zero-order valence-corrected chi connectivity index (χ0v) is 12.2. The lowest BCUT2D eigenvalue weighted by atomic mass is 9.80. The number of carbonyl (C=O) groups is 1. The van der Waals surface area contributed by atoms with Crippen molar-refractivity contribution in [2.75, 3.05) is 19.8 Å². The smallest absolute Gasteiger partial charge is 0.155 e. The fraction of sp³-hybridized carbons (Fsp3) is 0.933. The van der Waals surface area contributed by atoms with E-state index in [1.165, 1.54) is 0 Å². The predicted octanol–water partition coefficient (Wildman–Crippen LogP) is 2.49. The van der Waals surface area contributed by atoms with Crippen LogP contribution in [-0.4, -0.2) is 42.5 Å². The maximum atomic E-state index is 12.7. The van der Waals surface area contributed by atoms with E-state index in [4.69, 9.17) is 4.74 Å². The minimum absolute atomic E-state index is 0.127. The van der Waals surface area contributed by atoms with Crippen LogP contribution in [0, 0.1) is 11.3 Å². The summed E-state index contributed by atoms with van der Waals surface area (Å²) < 4.78 is 5.58. The lowest BCUT2D eigenvalue weighted by Gasteiger charge is -2.34. The molecule has 2 fully saturated rings. The summed E-state index contributed by atoms with van der Waals surface area (Å²) in [6.45, 7) is 11.1. The number of likely N-dealkylation sites (N-methyl/N-ethyl adjacent to an activating group) is 1. The summed E-state index contributed by atoms with van der Waals surface area (Å²) in [4.78, 5) is 15.2. The normalized spacial score (nSPS) is 33.4. The van der Waals surface area contributed by atoms with E-state index in [0.29, 0.717) is 17.7 Å². The van der Waals surface area contributed by atoms with Crippen molar-refractivity contribution in [2.45, 2.75) is 59.0 Å². The Morgan fingerprint density at radius 3 is 2.72 bits per heavy atom. The summed E-state index contributed by atoms with van der Waals surface area (Å²) in [7, 11) is 0. The monoisotopic (exact) mass is 253 g/mol. The molecule has 0 N–H and O–H groups in total. The van der Waals surface area contributed by atoms with E-state index >= 15 is 0 Å². The van der Waals surface area contributed by atoms with E-state index in [1.54, 1.807) is 0 Å². The molecular weight excluding hydrogens is 226 g/mol. The summed E-state index contributed by atoms with van der Waals surface area (Å²) >= 11 is 0. The van der Waals surface area contributed by atoms with Crippen molar-refractivity contribution in [3.05, 3.63) is 0 Å². The third kappa shape index (κ3) is 2.35. The average Bonchev–Trinajstić information content (AvgIpc) is 2.75. The number of fused-ring (bicyclic) bond motifs is 1. The van der Waals surface area contributed by atoms with Gasteiger partial charge in [0, 0.05) is 18.1 Å². The molecule has 0 bridgehead atoms. The molecule has 0 radical (unpaired) electrons. The molecule has 2 aliphatic heterocycles. The van der Waals surface area contributed by atoms with E-state index in [9.17, 15) is 4.79 Å². The van der Waals surface area contributed by atoms with Gasteiger partial charge in [-0.05, 0) is 31.7 Å². The highest BCUT2D eigenvalue weighted by atomic mass is 16.5. The Kier molecular flexibility index (Phi) is 4.12. The number of likely N-dealkylation sites (tertiary alicyclic amines) is 1. The van der Waals surface area contributed by atoms with Crippen LogP contribution in [0.25, 0.3) is 0 Å². The zero-order valence-electron chi connectivity index (χ0n) is 12.2. The SMILES string of the molecule is CCN1C(C(=O)C(C)(C)CC)CC2COCCC21. The number of rotatable bonds is 4. The van der Waals surface area contributed by atoms with Crippen LogP contribution in [0.5, 0.6) is 0 Å². The second kappa shape index (κ2) is 5.30. The molecule has 0 aliphatic carbocycles. The van der Waals surface area contributed by atoms with Crippen molar-refractivity contribution < 1.29 is 9.53 Å². The van der Waals surface area contributed by atoms with Crippen LogP contribution in [-0.2, 0) is 9.53 Å². The molecule has 0 saturated carbocycles. The molecule has 0 aromatic carbocycles. The summed E-state index contributed by atoms with van der Waals surface area (Å²) in [5.74, 6) is 1.00. The summed E-state index contributed by atoms with van der Waals surface area (Å²) in [5, 5.41) is 0. The molecule has 2 saturated heterocycles. The Morgan fingerprint density at radius 1 is 1.39 bits per heavy atom. The maximum absolute atomic E-state index is 12.7. The topological polar surface area (TPSA) is 29.5 Å². The molecular formula is C15H27NO2. The van der Waals surface area contributed by atoms with Crippen LogP contribution >= 0.6 is 0 Å². The minimum Gasteiger partial charge on any atom is -0.381 e. The van der Waals surface area contributed by atoms with Gasteiger partial charge in [0.25, 0.3) is 0 Å². The first-order chi connectivity index (χ1) is 8.51. The van der Waals surface area contributed by atoms with Gasteiger partial charge in [0.15, 0.2) is 5.78 Å². The van der Waals surface area contributed by atoms with Gasteiger partial charge in [-0.15, -0.1) is 0 Å². The van der Waals surface area contributed by atoms with Crippen molar-refractivity contribution >= 4 is 5.78 Å². The molecule has 3 nitrogen and oxygen atoms in total. The van der Waals surface area contributed by atoms with E-state index in [0.717, 1.165) is 39.0 Å². The average molecular weight is 253 g/mol. The molecule has 3 unspecified atom stereocenters. The predicted molar refractivity (Wildman–Crippen MR) is 72.6 cm³/mol. The highest BCUT2D eigenvalue weighted by Crippen LogP contribution is 2.38. The van der Waals surface area contributed by atoms with Gasteiger partial charge in [0.2, 0.25) is 0 Å². The Labute approximate surface area is 111 Å². The lowest BCUT2D eigenvalue weighted by molar-refractivity contribution is -0.132. The second-order valence-corrected chi connectivity index (χ2v) is 6.37. The van der Waals surface area contributed by atoms with E-state index in [1.807, 2.05) is 0 Å². The van der Waals surface area contributed by atoms with Crippen molar-refractivity contribution in [3.8, 4) is 0 Å². The van der Waals surface area contributed by atoms with Gasteiger partial charge in [-0.2, -0.15) is 0 Å². The summed E-state index contributed by atoms with van der Waals surface area (Å²) in [6.07, 6.45) is 3.02. The van der Waals surface area contributed by atoms with Crippen LogP contribution in [0.4, 0.5) is 0 Å². The quantitative estimate of drug-likeness (QED) is 0.771. The number of Topliss-reactive ketones (excluding diaryl/α,β-unsaturated/α-hetero) is 1. The third-order valence-electron chi connectivity index (χ3n) is 5.01. The molecule has 3 atom stereocenters. The van der Waals surface area contributed by atoms with E-state index in [-0.39, 0.29) is 11.5 Å². The molecule has 104 valence electrons. The highest BCUT2D eigenvalue weighted by Gasteiger charge is 2.47. The number of ether oxygens (including phenoxy) is 1. The van der Waals surface area contributed by atoms with E-state index in [2.05, 4.69) is 32.6 Å². The Bertz CT molecular complexity index is 314. The van der Waals surface area contributed by atoms with Gasteiger partial charge in [0.05, 0.1) is 12.6 Å². The number of hydrogen-bond acceptors (Lipinski definition) is 3. The van der Waals surface area contributed by atoms with Gasteiger partial charge >= 0.3 is 0 Å². The van der Waals surface area contributed by atoms with Crippen LogP contribution in [0.3, 0.4) is 0 Å². The minimum atomic E-state index is -0.188. The Morgan fingerprint density at radius 2 is 2.11 bits per heavy atom. The van der Waals surface area contributed by atoms with Gasteiger partial charge in [-0.3, -0.25) is 9.69 Å². The van der Waals surface area contributed by atoms with Crippen molar-refractivity contribution in [3.63, 3.8) is 0 Å². The van der Waals surface area contributed by atoms with Crippen LogP contribution in [0.15, 0.2) is 0 Å². The van der Waals surface area contributed by atoms with Crippen LogP contribution in [0.2, 0.25) is 0 Å². The number of hydrogen-bond donors (Lipinski definition) is 0. The van der Waals surface area contributed by atoms with Gasteiger partial charge in [-0.1, -0.05) is 27.7 Å². The first-order valence-electron chi connectivity index (χ1n) is 7.39. The third-order valence-corrected chi connectivity index (χ3v) is 5.01. The molecule has 0 amide bonds. The molecule has 0 spiro atoms. The molecule has 0 aromatic rings. The van der Waals surface area contributed by atoms with Crippen molar-refractivity contribution in [1.29, 1.82) is 0 Å². The maximum Gasteiger partial charge on any atom is 0.155 e. The van der Waals surface area contributed by atoms with E-state index < -0.39 is 0 Å². The lowest BCUT2D eigenvalue weighted by Crippen LogP contribution is -2.46. The molecule has 2 heterocycles. The number of ketones is 1. The molecule has 2 rings (SSSR count). The number of carbonyl (C=O) groups excluding carboxylic acids is 1. The molecule has 18 heavy (non-hydrogen) atoms. The van der Waals surface area contributed by atoms with Crippen molar-refractivity contribution in [2.24, 2.45) is 11.3 Å². The molecule has 3 heteroatoms. The summed E-state index contributed by atoms with van der Waals surface area (Å²) in [6, 6.07) is 0.701. The van der Waals surface area contributed by atoms with Crippen molar-refractivity contribution in [1.82, 2.24) is 4.90 Å². The fourth-order valence-electron chi connectivity index (χ4n) is 3.44. The summed E-state index contributed by atoms with van der Waals surface area (Å²) in [5.41, 5.74) is -0.188. The fourth-order valence-corrected chi connectivity index (χ4v) is 3.44. The van der Waals surface area contributed by atoms with Gasteiger partial charge in [-0.25, -0.2) is 0 Å². The number of nitrogens with zero attached hydrogens (tertiary/aromatic N) is 1. The van der Waals surface area contributed by atoms with Gasteiger partial charge < -0.3 is 4.74 Å². The largest absolute Gasteiger partial charge is 0.381 e. The second-order valence-electron chi connectivity index (χ2n) is 6.37. The first-order valence-corrected chi connectivity index (χ1v) is 7.39.